The molecule has 0 radical (unpaired) electrons. The van der Waals surface area contributed by atoms with Crippen LogP contribution < -0.4 is 15.5 Å². The van der Waals surface area contributed by atoms with E-state index >= 15 is 0 Å². The van der Waals surface area contributed by atoms with Crippen LogP contribution in [-0.4, -0.2) is 73.4 Å². The van der Waals surface area contributed by atoms with E-state index in [4.69, 9.17) is 10.5 Å². The fourth-order valence-electron chi connectivity index (χ4n) is 6.41. The zero-order valence-electron chi connectivity index (χ0n) is 30.0. The molecule has 0 aliphatic carbocycles. The lowest BCUT2D eigenvalue weighted by molar-refractivity contribution is 0.0600. The minimum Gasteiger partial charge on any atom is -0.465 e. The summed E-state index contributed by atoms with van der Waals surface area (Å²) in [6.45, 7) is 4.17. The van der Waals surface area contributed by atoms with Crippen LogP contribution in [0.25, 0.3) is 0 Å². The van der Waals surface area contributed by atoms with E-state index in [1.165, 1.54) is 20.0 Å². The average Bonchev–Trinajstić information content (AvgIpc) is 3.22. The molecule has 2 fully saturated rings. The molecule has 0 aromatic heterocycles. The molecule has 4 aromatic rings. The van der Waals surface area contributed by atoms with E-state index in [2.05, 4.69) is 0 Å². The molecule has 4 aromatic carbocycles. The smallest absolute Gasteiger partial charge is 0.337 e. The molecule has 0 spiro atoms. The van der Waals surface area contributed by atoms with Crippen molar-refractivity contribution in [2.24, 2.45) is 5.73 Å². The molecule has 10 heteroatoms. The number of piperidine rings is 2. The van der Waals surface area contributed by atoms with E-state index < -0.39 is 0 Å². The summed E-state index contributed by atoms with van der Waals surface area (Å²) in [6.07, 6.45) is 6.61. The second-order valence-corrected chi connectivity index (χ2v) is 13.0. The number of ketones is 1. The molecular weight excluding hydrogens is 654 g/mol. The van der Waals surface area contributed by atoms with Gasteiger partial charge in [0.15, 0.2) is 5.78 Å². The lowest BCUT2D eigenvalue weighted by Crippen LogP contribution is -2.45. The summed E-state index contributed by atoms with van der Waals surface area (Å²) >= 11 is 0. The molecule has 4 amide bonds. The van der Waals surface area contributed by atoms with Crippen molar-refractivity contribution in [2.75, 3.05) is 49.6 Å². The maximum Gasteiger partial charge on any atom is 0.337 e. The largest absolute Gasteiger partial charge is 0.465 e. The van der Waals surface area contributed by atoms with Gasteiger partial charge in [0.2, 0.25) is 0 Å². The standard InChI is InChI=1S/C21H25N3O2.C21H24N2O3/c22-15-20(25)18-11-9-17(10-12-18)16-24(19-7-3-1-4-8-19)21(26)23-13-5-2-6-14-23;1-26-20(24)18-12-10-17(11-13-18)16-23(19-8-4-2-5-9-19)21(25)22-14-6-3-7-15-22/h1,3-4,7-12H,2,5-6,13-16,22H2;2,4-5,8-13H,3,6-7,14-16H2,1H3. The predicted molar refractivity (Wildman–Crippen MR) is 204 cm³/mol. The summed E-state index contributed by atoms with van der Waals surface area (Å²) in [5, 5.41) is 0. The lowest BCUT2D eigenvalue weighted by atomic mass is 10.1. The Morgan fingerprint density at radius 1 is 0.558 bits per heavy atom. The molecule has 0 bridgehead atoms. The van der Waals surface area contributed by atoms with Crippen LogP contribution in [-0.2, 0) is 17.8 Å². The fraction of sp³-hybridized carbons (Fsp3) is 0.333. The van der Waals surface area contributed by atoms with Crippen molar-refractivity contribution in [1.82, 2.24) is 9.80 Å². The normalized spacial score (nSPS) is 14.0. The number of likely N-dealkylation sites (tertiary alicyclic amines) is 2. The molecule has 2 saturated heterocycles. The summed E-state index contributed by atoms with van der Waals surface area (Å²) in [7, 11) is 1.37. The minimum absolute atomic E-state index is 0.00291. The van der Waals surface area contributed by atoms with Gasteiger partial charge in [-0.05, 0) is 86.1 Å². The number of methoxy groups -OCH3 is 1. The van der Waals surface area contributed by atoms with Gasteiger partial charge < -0.3 is 20.3 Å². The molecule has 10 nitrogen and oxygen atoms in total. The number of urea groups is 2. The summed E-state index contributed by atoms with van der Waals surface area (Å²) < 4.78 is 4.73. The Labute approximate surface area is 306 Å². The zero-order chi connectivity index (χ0) is 36.7. The molecular formula is C42H49N5O5. The van der Waals surface area contributed by atoms with Crippen molar-refractivity contribution in [3.63, 3.8) is 0 Å². The van der Waals surface area contributed by atoms with Gasteiger partial charge in [-0.3, -0.25) is 14.6 Å². The maximum absolute atomic E-state index is 13.1. The Morgan fingerprint density at radius 2 is 0.942 bits per heavy atom. The first-order valence-electron chi connectivity index (χ1n) is 18.1. The second-order valence-electron chi connectivity index (χ2n) is 13.0. The van der Waals surface area contributed by atoms with E-state index in [1.54, 1.807) is 29.2 Å². The van der Waals surface area contributed by atoms with Crippen molar-refractivity contribution in [3.05, 3.63) is 131 Å². The van der Waals surface area contributed by atoms with Crippen LogP contribution in [0, 0.1) is 0 Å². The predicted octanol–water partition coefficient (Wildman–Crippen LogP) is 7.53. The van der Waals surface area contributed by atoms with E-state index in [1.807, 2.05) is 99.6 Å². The molecule has 0 saturated carbocycles. The molecule has 0 atom stereocenters. The Morgan fingerprint density at radius 3 is 1.31 bits per heavy atom. The number of nitrogens with zero attached hydrogens (tertiary/aromatic N) is 4. The number of Topliss-reactive ketones (excluding diaryl/α,β-unsaturated/α-hetero) is 1. The molecule has 272 valence electrons. The van der Waals surface area contributed by atoms with E-state index in [0.29, 0.717) is 24.2 Å². The number of rotatable bonds is 9. The number of esters is 1. The van der Waals surface area contributed by atoms with Gasteiger partial charge in [-0.25, -0.2) is 14.4 Å². The van der Waals surface area contributed by atoms with Crippen molar-refractivity contribution in [3.8, 4) is 0 Å². The van der Waals surface area contributed by atoms with Crippen molar-refractivity contribution in [2.45, 2.75) is 51.6 Å². The Balaban J connectivity index is 0.000000201. The van der Waals surface area contributed by atoms with Crippen molar-refractivity contribution < 1.29 is 23.9 Å². The minimum atomic E-state index is -0.360. The van der Waals surface area contributed by atoms with Crippen LogP contribution in [0.3, 0.4) is 0 Å². The van der Waals surface area contributed by atoms with Crippen molar-refractivity contribution >= 4 is 35.2 Å². The molecule has 6 rings (SSSR count). The number of hydrogen-bond acceptors (Lipinski definition) is 6. The highest BCUT2D eigenvalue weighted by molar-refractivity contribution is 5.97. The number of hydrogen-bond donors (Lipinski definition) is 1. The van der Waals surface area contributed by atoms with Crippen LogP contribution in [0.15, 0.2) is 109 Å². The van der Waals surface area contributed by atoms with Crippen LogP contribution in [0.4, 0.5) is 21.0 Å². The third-order valence-corrected chi connectivity index (χ3v) is 9.37. The van der Waals surface area contributed by atoms with E-state index in [9.17, 15) is 19.2 Å². The molecule has 52 heavy (non-hydrogen) atoms. The first-order valence-corrected chi connectivity index (χ1v) is 18.1. The molecule has 2 aliphatic rings. The summed E-state index contributed by atoms with van der Waals surface area (Å²) in [5.41, 5.74) is 10.2. The highest BCUT2D eigenvalue weighted by Gasteiger charge is 2.25. The third kappa shape index (κ3) is 10.3. The molecule has 0 unspecified atom stereocenters. The highest BCUT2D eigenvalue weighted by Crippen LogP contribution is 2.23. The van der Waals surface area contributed by atoms with Crippen LogP contribution in [0.2, 0.25) is 0 Å². The average molecular weight is 704 g/mol. The molecule has 2 aliphatic heterocycles. The molecule has 2 N–H and O–H groups in total. The number of anilines is 2. The zero-order valence-corrected chi connectivity index (χ0v) is 30.0. The summed E-state index contributed by atoms with van der Waals surface area (Å²) in [6, 6.07) is 34.1. The Kier molecular flexibility index (Phi) is 14.0. The van der Waals surface area contributed by atoms with Gasteiger partial charge in [0.05, 0.1) is 32.3 Å². The van der Waals surface area contributed by atoms with Crippen molar-refractivity contribution in [1.29, 1.82) is 0 Å². The number of benzene rings is 4. The second kappa shape index (κ2) is 19.2. The van der Waals surface area contributed by atoms with Gasteiger partial charge in [-0.2, -0.15) is 0 Å². The monoisotopic (exact) mass is 703 g/mol. The number of nitrogens with two attached hydrogens (primary N) is 1. The summed E-state index contributed by atoms with van der Waals surface area (Å²) in [4.78, 5) is 57.0. The number of carbonyl (C=O) groups is 4. The van der Waals surface area contributed by atoms with Gasteiger partial charge in [-0.15, -0.1) is 0 Å². The first-order chi connectivity index (χ1) is 25.4. The van der Waals surface area contributed by atoms with Gasteiger partial charge in [0, 0.05) is 43.1 Å². The van der Waals surface area contributed by atoms with E-state index in [0.717, 1.165) is 74.4 Å². The van der Waals surface area contributed by atoms with Gasteiger partial charge in [0.25, 0.3) is 0 Å². The highest BCUT2D eigenvalue weighted by atomic mass is 16.5. The van der Waals surface area contributed by atoms with Gasteiger partial charge in [-0.1, -0.05) is 72.8 Å². The Hall–Kier alpha value is -5.48. The van der Waals surface area contributed by atoms with Gasteiger partial charge in [0.1, 0.15) is 0 Å². The number of amides is 4. The number of carbonyl (C=O) groups excluding carboxylic acids is 4. The van der Waals surface area contributed by atoms with E-state index in [-0.39, 0.29) is 30.4 Å². The summed E-state index contributed by atoms with van der Waals surface area (Å²) in [5.74, 6) is -0.443. The quantitative estimate of drug-likeness (QED) is 0.142. The van der Waals surface area contributed by atoms with Crippen LogP contribution in [0.5, 0.6) is 0 Å². The fourth-order valence-corrected chi connectivity index (χ4v) is 6.41. The SMILES string of the molecule is COC(=O)c1ccc(CN(C(=O)N2CCCCC2)c2ccccc2)cc1.NCC(=O)c1ccc(CN(C(=O)N2CCCCC2)c2ccccc2)cc1. The topological polar surface area (TPSA) is 116 Å². The first kappa shape index (κ1) is 37.8. The maximum atomic E-state index is 13.1. The molecule has 2 heterocycles. The third-order valence-electron chi connectivity index (χ3n) is 9.37. The van der Waals surface area contributed by atoms with Gasteiger partial charge >= 0.3 is 18.0 Å². The number of para-hydroxylation sites is 2. The van der Waals surface area contributed by atoms with Crippen LogP contribution in [0.1, 0.15) is 70.4 Å². The Bertz CT molecular complexity index is 1610. The lowest BCUT2D eigenvalue weighted by Gasteiger charge is -2.33. The van der Waals surface area contributed by atoms with Crippen LogP contribution >= 0.6 is 0 Å². The number of ether oxygens (including phenoxy) is 1.